The Kier molecular flexibility index (Phi) is 8.34. The van der Waals surface area contributed by atoms with E-state index in [9.17, 15) is 22.8 Å². The van der Waals surface area contributed by atoms with Gasteiger partial charge < -0.3 is 15.2 Å². The van der Waals surface area contributed by atoms with Crippen molar-refractivity contribution in [3.8, 4) is 0 Å². The number of nitrogens with zero attached hydrogens (tertiary/aromatic N) is 3. The summed E-state index contributed by atoms with van der Waals surface area (Å²) in [5.41, 5.74) is 2.05. The first-order chi connectivity index (χ1) is 16.6. The molecule has 7 nitrogen and oxygen atoms in total. The lowest BCUT2D eigenvalue weighted by molar-refractivity contribution is -0.137. The van der Waals surface area contributed by atoms with Gasteiger partial charge in [0.15, 0.2) is 5.16 Å². The highest BCUT2D eigenvalue weighted by molar-refractivity contribution is 7.99. The van der Waals surface area contributed by atoms with Gasteiger partial charge in [0.1, 0.15) is 5.82 Å². The minimum absolute atomic E-state index is 0.0252. The molecule has 0 saturated heterocycles. The SMILES string of the molecule is C=CCn1c(CC(=O)Nc2cccc(C(F)(F)F)c2)nnc1SCC(=O)Nc1ccc(C)c(C)c1. The third kappa shape index (κ3) is 7.19. The van der Waals surface area contributed by atoms with Crippen LogP contribution < -0.4 is 10.6 Å². The second-order valence-corrected chi connectivity index (χ2v) is 8.68. The van der Waals surface area contributed by atoms with Crippen molar-refractivity contribution in [2.24, 2.45) is 0 Å². The fourth-order valence-electron chi connectivity index (χ4n) is 3.14. The summed E-state index contributed by atoms with van der Waals surface area (Å²) < 4.78 is 40.3. The van der Waals surface area contributed by atoms with Crippen molar-refractivity contribution in [2.45, 2.75) is 38.1 Å². The van der Waals surface area contributed by atoms with Gasteiger partial charge in [0.05, 0.1) is 17.7 Å². The Morgan fingerprint density at radius 2 is 1.74 bits per heavy atom. The first-order valence-electron chi connectivity index (χ1n) is 10.6. The molecule has 0 saturated carbocycles. The van der Waals surface area contributed by atoms with E-state index in [0.29, 0.717) is 23.2 Å². The van der Waals surface area contributed by atoms with E-state index >= 15 is 0 Å². The Morgan fingerprint density at radius 1 is 1.03 bits per heavy atom. The van der Waals surface area contributed by atoms with Gasteiger partial charge in [-0.1, -0.05) is 30.0 Å². The molecular weight excluding hydrogens is 479 g/mol. The average molecular weight is 504 g/mol. The summed E-state index contributed by atoms with van der Waals surface area (Å²) in [7, 11) is 0. The normalized spacial score (nSPS) is 11.2. The summed E-state index contributed by atoms with van der Waals surface area (Å²) in [6, 6.07) is 10.0. The summed E-state index contributed by atoms with van der Waals surface area (Å²) in [6.07, 6.45) is -3.13. The molecule has 3 aromatic rings. The molecule has 0 atom stereocenters. The third-order valence-electron chi connectivity index (χ3n) is 5.02. The first kappa shape index (κ1) is 26.0. The van der Waals surface area contributed by atoms with E-state index in [2.05, 4.69) is 27.4 Å². The van der Waals surface area contributed by atoms with Crippen molar-refractivity contribution < 1.29 is 22.8 Å². The van der Waals surface area contributed by atoms with Crippen molar-refractivity contribution in [3.63, 3.8) is 0 Å². The molecule has 1 aromatic heterocycles. The molecule has 1 heterocycles. The Bertz CT molecular complexity index is 1240. The van der Waals surface area contributed by atoms with Gasteiger partial charge in [-0.25, -0.2) is 0 Å². The molecule has 0 unspecified atom stereocenters. The molecule has 0 spiro atoms. The maximum atomic E-state index is 12.9. The molecule has 184 valence electrons. The Labute approximate surface area is 204 Å². The predicted molar refractivity (Wildman–Crippen MR) is 129 cm³/mol. The van der Waals surface area contributed by atoms with E-state index in [1.807, 2.05) is 32.0 Å². The number of carbonyl (C=O) groups excluding carboxylic acids is 2. The Balaban J connectivity index is 1.63. The number of thioether (sulfide) groups is 1. The molecule has 0 aliphatic heterocycles. The van der Waals surface area contributed by atoms with Crippen LogP contribution in [-0.4, -0.2) is 32.3 Å². The number of aromatic nitrogens is 3. The van der Waals surface area contributed by atoms with Crippen LogP contribution in [0.2, 0.25) is 0 Å². The average Bonchev–Trinajstić information content (AvgIpc) is 3.16. The van der Waals surface area contributed by atoms with Crippen molar-refractivity contribution in [1.29, 1.82) is 0 Å². The van der Waals surface area contributed by atoms with Crippen LogP contribution in [0.4, 0.5) is 24.5 Å². The van der Waals surface area contributed by atoms with Gasteiger partial charge >= 0.3 is 6.18 Å². The highest BCUT2D eigenvalue weighted by atomic mass is 32.2. The lowest BCUT2D eigenvalue weighted by atomic mass is 10.1. The molecular formula is C24H24F3N5O2S. The number of amides is 2. The van der Waals surface area contributed by atoms with Gasteiger partial charge in [-0.2, -0.15) is 13.2 Å². The van der Waals surface area contributed by atoms with Crippen LogP contribution in [-0.2, 0) is 28.7 Å². The lowest BCUT2D eigenvalue weighted by Gasteiger charge is -2.11. The molecule has 0 aliphatic carbocycles. The van der Waals surface area contributed by atoms with Crippen molar-refractivity contribution in [1.82, 2.24) is 14.8 Å². The minimum Gasteiger partial charge on any atom is -0.326 e. The maximum Gasteiger partial charge on any atom is 0.416 e. The third-order valence-corrected chi connectivity index (χ3v) is 5.99. The molecule has 3 rings (SSSR count). The van der Waals surface area contributed by atoms with Gasteiger partial charge in [-0.15, -0.1) is 16.8 Å². The molecule has 0 fully saturated rings. The summed E-state index contributed by atoms with van der Waals surface area (Å²) in [4.78, 5) is 24.8. The van der Waals surface area contributed by atoms with Crippen molar-refractivity contribution in [3.05, 3.63) is 77.6 Å². The molecule has 2 amide bonds. The molecule has 2 N–H and O–H groups in total. The zero-order chi connectivity index (χ0) is 25.6. The van der Waals surface area contributed by atoms with Gasteiger partial charge in [-0.3, -0.25) is 9.59 Å². The van der Waals surface area contributed by atoms with Crippen LogP contribution in [0, 0.1) is 13.8 Å². The van der Waals surface area contributed by atoms with E-state index in [4.69, 9.17) is 0 Å². The van der Waals surface area contributed by atoms with E-state index < -0.39 is 17.6 Å². The highest BCUT2D eigenvalue weighted by Crippen LogP contribution is 2.30. The number of aryl methyl sites for hydroxylation is 2. The molecule has 0 radical (unpaired) electrons. The molecule has 0 aliphatic rings. The number of hydrogen-bond donors (Lipinski definition) is 2. The Morgan fingerprint density at radius 3 is 2.43 bits per heavy atom. The van der Waals surface area contributed by atoms with Crippen molar-refractivity contribution in [2.75, 3.05) is 16.4 Å². The standard InChI is InChI=1S/C24H24F3N5O2S/c1-4-10-32-20(13-21(33)28-18-7-5-6-17(12-18)24(25,26)27)30-31-23(32)35-14-22(34)29-19-9-8-15(2)16(3)11-19/h4-9,11-12H,1,10,13-14H2,2-3H3,(H,28,33)(H,29,34). The summed E-state index contributed by atoms with van der Waals surface area (Å²) in [6.45, 7) is 7.93. The van der Waals surface area contributed by atoms with Crippen LogP contribution in [0.1, 0.15) is 22.5 Å². The molecule has 2 aromatic carbocycles. The quantitative estimate of drug-likeness (QED) is 0.317. The van der Waals surface area contributed by atoms with Crippen molar-refractivity contribution >= 4 is 35.0 Å². The maximum absolute atomic E-state index is 12.9. The molecule has 35 heavy (non-hydrogen) atoms. The minimum atomic E-state index is -4.51. The fourth-order valence-corrected chi connectivity index (χ4v) is 3.90. The van der Waals surface area contributed by atoms with Crippen LogP contribution >= 0.6 is 11.8 Å². The smallest absolute Gasteiger partial charge is 0.326 e. The summed E-state index contributed by atoms with van der Waals surface area (Å²) >= 11 is 1.15. The summed E-state index contributed by atoms with van der Waals surface area (Å²) in [5.74, 6) is -0.411. The van der Waals surface area contributed by atoms with Crippen LogP contribution in [0.25, 0.3) is 0 Å². The highest BCUT2D eigenvalue weighted by Gasteiger charge is 2.30. The molecule has 0 bridgehead atoms. The number of benzene rings is 2. The van der Waals surface area contributed by atoms with Crippen LogP contribution in [0.5, 0.6) is 0 Å². The number of anilines is 2. The Hall–Kier alpha value is -3.60. The number of allylic oxidation sites excluding steroid dienone is 1. The first-order valence-corrected chi connectivity index (χ1v) is 11.6. The largest absolute Gasteiger partial charge is 0.416 e. The number of rotatable bonds is 9. The van der Waals surface area contributed by atoms with E-state index in [0.717, 1.165) is 35.0 Å². The zero-order valence-electron chi connectivity index (χ0n) is 19.1. The zero-order valence-corrected chi connectivity index (χ0v) is 20.0. The van der Waals surface area contributed by atoms with Crippen LogP contribution in [0.15, 0.2) is 60.3 Å². The van der Waals surface area contributed by atoms with E-state index in [1.165, 1.54) is 12.1 Å². The number of carbonyl (C=O) groups is 2. The molecule has 11 heteroatoms. The van der Waals surface area contributed by atoms with Gasteiger partial charge in [0, 0.05) is 17.9 Å². The number of halogens is 3. The lowest BCUT2D eigenvalue weighted by Crippen LogP contribution is -2.18. The second-order valence-electron chi connectivity index (χ2n) is 7.74. The number of alkyl halides is 3. The van der Waals surface area contributed by atoms with Crippen LogP contribution in [0.3, 0.4) is 0 Å². The number of nitrogens with one attached hydrogen (secondary N) is 2. The van der Waals surface area contributed by atoms with E-state index in [-0.39, 0.29) is 23.8 Å². The predicted octanol–water partition coefficient (Wildman–Crippen LogP) is 5.01. The summed E-state index contributed by atoms with van der Waals surface area (Å²) in [5, 5.41) is 13.8. The monoisotopic (exact) mass is 503 g/mol. The second kappa shape index (κ2) is 11.2. The van der Waals surface area contributed by atoms with Gasteiger partial charge in [-0.05, 0) is 55.3 Å². The fraction of sp³-hybridized carbons (Fsp3) is 0.250. The topological polar surface area (TPSA) is 88.9 Å². The van der Waals surface area contributed by atoms with E-state index in [1.54, 1.807) is 10.6 Å². The number of hydrogen-bond acceptors (Lipinski definition) is 5. The van der Waals surface area contributed by atoms with Gasteiger partial charge in [0.2, 0.25) is 11.8 Å². The van der Waals surface area contributed by atoms with Gasteiger partial charge in [0.25, 0.3) is 0 Å².